The van der Waals surface area contributed by atoms with Gasteiger partial charge in [-0.25, -0.2) is 29.2 Å². The molecule has 12 heteroatoms. The Bertz CT molecular complexity index is 2940. The van der Waals surface area contributed by atoms with Crippen LogP contribution in [-0.4, -0.2) is 65.7 Å². The van der Waals surface area contributed by atoms with E-state index >= 15 is 0 Å². The Morgan fingerprint density at radius 3 is 1.13 bits per heavy atom. The predicted molar refractivity (Wildman–Crippen MR) is 225 cm³/mol. The topological polar surface area (TPSA) is 205 Å². The second kappa shape index (κ2) is 14.7. The maximum Gasteiger partial charge on any atom is 0.335 e. The third kappa shape index (κ3) is 6.69. The molecular weight excluding hydrogens is 761 g/mol. The van der Waals surface area contributed by atoms with Crippen molar-refractivity contribution in [2.45, 2.75) is 0 Å². The van der Waals surface area contributed by atoms with Crippen molar-refractivity contribution >= 4 is 57.6 Å². The van der Waals surface area contributed by atoms with Gasteiger partial charge in [-0.15, -0.1) is 0 Å². The molecule has 4 aromatic carbocycles. The van der Waals surface area contributed by atoms with Crippen molar-refractivity contribution in [3.8, 4) is 0 Å². The highest BCUT2D eigenvalue weighted by atomic mass is 16.4. The van der Waals surface area contributed by atoms with E-state index in [9.17, 15) is 39.6 Å². The molecule has 8 bridgehead atoms. The molecule has 3 aliphatic rings. The van der Waals surface area contributed by atoms with E-state index in [1.54, 1.807) is 48.5 Å². The molecule has 6 aromatic rings. The van der Waals surface area contributed by atoms with Crippen molar-refractivity contribution < 1.29 is 39.6 Å². The molecule has 290 valence electrons. The number of aromatic amines is 2. The van der Waals surface area contributed by atoms with Crippen molar-refractivity contribution in [2.75, 3.05) is 0 Å². The lowest BCUT2D eigenvalue weighted by molar-refractivity contribution is 0.0686. The van der Waals surface area contributed by atoms with Gasteiger partial charge in [0.25, 0.3) is 0 Å². The van der Waals surface area contributed by atoms with Gasteiger partial charge >= 0.3 is 23.9 Å². The lowest BCUT2D eigenvalue weighted by atomic mass is 9.95. The number of fused-ring (bicyclic) bond motifs is 6. The Labute approximate surface area is 339 Å². The number of aliphatic imine (C=N–C) groups is 2. The Morgan fingerprint density at radius 2 is 0.750 bits per heavy atom. The number of nitrogens with one attached hydrogen (secondary N) is 2. The van der Waals surface area contributed by atoms with Crippen molar-refractivity contribution in [1.82, 2.24) is 9.97 Å². The van der Waals surface area contributed by atoms with Crippen LogP contribution in [0.2, 0.25) is 0 Å². The monoisotopic (exact) mass is 790 g/mol. The van der Waals surface area contributed by atoms with Gasteiger partial charge in [0.1, 0.15) is 0 Å². The first-order valence-electron chi connectivity index (χ1n) is 18.5. The zero-order chi connectivity index (χ0) is 41.7. The first-order chi connectivity index (χ1) is 29.0. The molecule has 0 spiro atoms. The van der Waals surface area contributed by atoms with E-state index in [1.807, 2.05) is 48.7 Å². The van der Waals surface area contributed by atoms with Gasteiger partial charge in [0.2, 0.25) is 0 Å². The average Bonchev–Trinajstić information content (AvgIpc) is 4.10. The summed E-state index contributed by atoms with van der Waals surface area (Å²) in [6.07, 6.45) is 9.30. The average molecular weight is 791 g/mol. The molecule has 9 rings (SSSR count). The van der Waals surface area contributed by atoms with Crippen LogP contribution in [0.25, 0.3) is 22.3 Å². The summed E-state index contributed by atoms with van der Waals surface area (Å²) in [5.41, 5.74) is 9.55. The van der Waals surface area contributed by atoms with E-state index in [4.69, 9.17) is 9.98 Å². The Morgan fingerprint density at radius 1 is 0.400 bits per heavy atom. The number of hydrogen-bond acceptors (Lipinski definition) is 6. The molecule has 2 aromatic heterocycles. The highest BCUT2D eigenvalue weighted by Gasteiger charge is 2.24. The number of carboxylic acid groups (broad SMARTS) is 4. The third-order valence-corrected chi connectivity index (χ3v) is 10.5. The molecule has 0 atom stereocenters. The van der Waals surface area contributed by atoms with Crippen LogP contribution in [0.5, 0.6) is 0 Å². The fourth-order valence-corrected chi connectivity index (χ4v) is 7.56. The molecule has 60 heavy (non-hydrogen) atoms. The lowest BCUT2D eigenvalue weighted by Gasteiger charge is -2.11. The van der Waals surface area contributed by atoms with E-state index in [0.717, 1.165) is 5.56 Å². The summed E-state index contributed by atoms with van der Waals surface area (Å²) in [6, 6.07) is 31.7. The van der Waals surface area contributed by atoms with E-state index < -0.39 is 23.9 Å². The number of carboxylic acids is 4. The van der Waals surface area contributed by atoms with Crippen LogP contribution in [0.4, 0.5) is 0 Å². The molecule has 0 amide bonds. The number of hydrogen-bond donors (Lipinski definition) is 6. The Kier molecular flexibility index (Phi) is 9.06. The maximum absolute atomic E-state index is 11.8. The highest BCUT2D eigenvalue weighted by Crippen LogP contribution is 2.37. The minimum absolute atomic E-state index is 0.117. The summed E-state index contributed by atoms with van der Waals surface area (Å²) in [7, 11) is 0. The summed E-state index contributed by atoms with van der Waals surface area (Å²) in [5.74, 6) is -4.25. The molecule has 6 N–H and O–H groups in total. The highest BCUT2D eigenvalue weighted by molar-refractivity contribution is 6.31. The van der Waals surface area contributed by atoms with Crippen LogP contribution in [0, 0.1) is 0 Å². The minimum Gasteiger partial charge on any atom is -0.478 e. The van der Waals surface area contributed by atoms with Crippen LogP contribution in [-0.2, 0) is 0 Å². The molecule has 3 aliphatic heterocycles. The number of H-pyrrole nitrogens is 2. The summed E-state index contributed by atoms with van der Waals surface area (Å²) in [6.45, 7) is 0. The molecule has 0 aliphatic carbocycles. The van der Waals surface area contributed by atoms with Gasteiger partial charge in [0, 0.05) is 50.4 Å². The molecule has 5 heterocycles. The standard InChI is InChI=1S/C48H30N4O8/c53-45(54)29-9-1-25(2-10-29)41-33-23-40(49-24-33)44(28-7-15-32(16-8-28)48(59)60)39-22-21-38(52-39)43(27-5-13-31(14-6-27)47(57)58)37-20-19-36(51-37)42(35-18-17-34(41)50-35)26-3-11-30(12-4-26)46(55)56/h1-24,49,51H,(H,53,54)(H,55,56)(H,57,58)(H,59,60). The van der Waals surface area contributed by atoms with Crippen molar-refractivity contribution in [2.24, 2.45) is 9.98 Å². The zero-order valence-corrected chi connectivity index (χ0v) is 31.2. The molecule has 0 fully saturated rings. The van der Waals surface area contributed by atoms with Gasteiger partial charge in [-0.3, -0.25) is 0 Å². The largest absolute Gasteiger partial charge is 0.478 e. The number of carbonyl (C=O) groups is 4. The van der Waals surface area contributed by atoms with Gasteiger partial charge in [0.15, 0.2) is 0 Å². The van der Waals surface area contributed by atoms with Crippen LogP contribution in [0.3, 0.4) is 0 Å². The SMILES string of the molecule is O=C(O)c1ccc(C2=C3C=CC(=N3)C(c3ccc(C(=O)O)cc3)=c3ccc([nH]3)=C(c3ccc(C(=O)O)cc3)C3=NC(=C(c4ccc(C(=O)O)cc4)c4cc2c[nH]4)C=C3)cc1. The second-order valence-corrected chi connectivity index (χ2v) is 14.0. The van der Waals surface area contributed by atoms with Crippen LogP contribution >= 0.6 is 0 Å². The van der Waals surface area contributed by atoms with Gasteiger partial charge in [-0.2, -0.15) is 0 Å². The number of benzene rings is 4. The number of aromatic nitrogens is 2. The summed E-state index contributed by atoms with van der Waals surface area (Å²) < 4.78 is 0. The molecule has 12 nitrogen and oxygen atoms in total. The number of rotatable bonds is 8. The first-order valence-corrected chi connectivity index (χ1v) is 18.5. The summed E-state index contributed by atoms with van der Waals surface area (Å²) >= 11 is 0. The van der Waals surface area contributed by atoms with Gasteiger partial charge < -0.3 is 30.4 Å². The summed E-state index contributed by atoms with van der Waals surface area (Å²) in [5, 5.41) is 40.0. The normalized spacial score (nSPS) is 14.4. The lowest BCUT2D eigenvalue weighted by Crippen LogP contribution is -2.21. The van der Waals surface area contributed by atoms with E-state index in [0.29, 0.717) is 83.8 Å². The molecule has 0 saturated heterocycles. The van der Waals surface area contributed by atoms with E-state index in [1.165, 1.54) is 48.5 Å². The number of allylic oxidation sites excluding steroid dienone is 4. The maximum atomic E-state index is 11.8. The minimum atomic E-state index is -1.06. The predicted octanol–water partition coefficient (Wildman–Crippen LogP) is 6.79. The van der Waals surface area contributed by atoms with Crippen LogP contribution in [0.1, 0.15) is 74.9 Å². The molecule has 0 unspecified atom stereocenters. The van der Waals surface area contributed by atoms with Gasteiger partial charge in [-0.05, 0) is 113 Å². The molecule has 0 radical (unpaired) electrons. The van der Waals surface area contributed by atoms with E-state index in [-0.39, 0.29) is 22.3 Å². The molecule has 0 saturated carbocycles. The van der Waals surface area contributed by atoms with Crippen molar-refractivity contribution in [3.05, 3.63) is 224 Å². The first kappa shape index (κ1) is 37.0. The Balaban J connectivity index is 1.38. The van der Waals surface area contributed by atoms with Crippen LogP contribution in [0.15, 0.2) is 167 Å². The van der Waals surface area contributed by atoms with Gasteiger partial charge in [-0.1, -0.05) is 48.5 Å². The quantitative estimate of drug-likeness (QED) is 0.0966. The second-order valence-electron chi connectivity index (χ2n) is 14.0. The summed E-state index contributed by atoms with van der Waals surface area (Å²) in [4.78, 5) is 64.6. The van der Waals surface area contributed by atoms with E-state index in [2.05, 4.69) is 9.97 Å². The third-order valence-electron chi connectivity index (χ3n) is 10.5. The Hall–Kier alpha value is -8.64. The van der Waals surface area contributed by atoms with Crippen LogP contribution < -0.4 is 10.7 Å². The van der Waals surface area contributed by atoms with Crippen molar-refractivity contribution in [1.29, 1.82) is 0 Å². The number of nitrogens with zero attached hydrogens (tertiary/aromatic N) is 2. The van der Waals surface area contributed by atoms with Crippen molar-refractivity contribution in [3.63, 3.8) is 0 Å². The van der Waals surface area contributed by atoms with Gasteiger partial charge in [0.05, 0.1) is 45.1 Å². The number of aromatic carboxylic acids is 4. The molecular formula is C48H30N4O8. The zero-order valence-electron chi connectivity index (χ0n) is 31.2. The fraction of sp³-hybridized carbons (Fsp3) is 0. The smallest absolute Gasteiger partial charge is 0.335 e. The fourth-order valence-electron chi connectivity index (χ4n) is 7.56.